The highest BCUT2D eigenvalue weighted by Gasteiger charge is 2.14. The first-order valence-electron chi connectivity index (χ1n) is 5.87. The zero-order valence-corrected chi connectivity index (χ0v) is 12.2. The summed E-state index contributed by atoms with van der Waals surface area (Å²) in [7, 11) is 1.53. The van der Waals surface area contributed by atoms with Crippen molar-refractivity contribution in [3.8, 4) is 11.4 Å². The average molecular weight is 336 g/mol. The van der Waals surface area contributed by atoms with Crippen molar-refractivity contribution in [3.63, 3.8) is 0 Å². The standard InChI is InChI=1S/C14H11BrFN3O/c1-20-9-3-4-10(16)13(7-9)19-12-5-2-8(15)6-11(12)18-14(19)17/h2-7H,1H3,(H2,17,18). The fourth-order valence-electron chi connectivity index (χ4n) is 2.12. The lowest BCUT2D eigenvalue weighted by molar-refractivity contribution is 0.413. The number of rotatable bonds is 2. The van der Waals surface area contributed by atoms with Crippen LogP contribution in [0.2, 0.25) is 0 Å². The number of nitrogens with zero attached hydrogens (tertiary/aromatic N) is 2. The van der Waals surface area contributed by atoms with E-state index in [-0.39, 0.29) is 11.8 Å². The van der Waals surface area contributed by atoms with Crippen LogP contribution in [0.4, 0.5) is 10.3 Å². The van der Waals surface area contributed by atoms with Crippen LogP contribution in [0.5, 0.6) is 5.75 Å². The molecule has 2 aromatic carbocycles. The Kier molecular flexibility index (Phi) is 3.10. The van der Waals surface area contributed by atoms with Gasteiger partial charge in [-0.25, -0.2) is 9.37 Å². The third-order valence-electron chi connectivity index (χ3n) is 3.04. The van der Waals surface area contributed by atoms with Gasteiger partial charge in [-0.2, -0.15) is 0 Å². The lowest BCUT2D eigenvalue weighted by Crippen LogP contribution is -2.03. The lowest BCUT2D eigenvalue weighted by Gasteiger charge is -2.09. The monoisotopic (exact) mass is 335 g/mol. The highest BCUT2D eigenvalue weighted by molar-refractivity contribution is 9.10. The minimum Gasteiger partial charge on any atom is -0.497 e. The maximum Gasteiger partial charge on any atom is 0.206 e. The van der Waals surface area contributed by atoms with E-state index in [1.54, 1.807) is 16.7 Å². The van der Waals surface area contributed by atoms with E-state index in [1.807, 2.05) is 18.2 Å². The highest BCUT2D eigenvalue weighted by Crippen LogP contribution is 2.28. The van der Waals surface area contributed by atoms with Gasteiger partial charge in [-0.05, 0) is 30.3 Å². The first kappa shape index (κ1) is 12.9. The Morgan fingerprint density at radius 1 is 1.25 bits per heavy atom. The second kappa shape index (κ2) is 4.79. The molecule has 6 heteroatoms. The van der Waals surface area contributed by atoms with Gasteiger partial charge in [0.1, 0.15) is 11.6 Å². The summed E-state index contributed by atoms with van der Waals surface area (Å²) in [6, 6.07) is 10.0. The molecule has 3 aromatic rings. The lowest BCUT2D eigenvalue weighted by atomic mass is 10.2. The van der Waals surface area contributed by atoms with Crippen LogP contribution in [-0.4, -0.2) is 16.7 Å². The number of aromatic nitrogens is 2. The molecule has 0 atom stereocenters. The summed E-state index contributed by atoms with van der Waals surface area (Å²) in [6.45, 7) is 0. The number of hydrogen-bond acceptors (Lipinski definition) is 3. The van der Waals surface area contributed by atoms with Gasteiger partial charge in [-0.3, -0.25) is 4.57 Å². The van der Waals surface area contributed by atoms with Crippen LogP contribution in [0.25, 0.3) is 16.7 Å². The fourth-order valence-corrected chi connectivity index (χ4v) is 2.47. The largest absolute Gasteiger partial charge is 0.497 e. The number of halogens is 2. The van der Waals surface area contributed by atoms with Crippen LogP contribution >= 0.6 is 15.9 Å². The zero-order valence-electron chi connectivity index (χ0n) is 10.6. The third-order valence-corrected chi connectivity index (χ3v) is 3.53. The molecule has 1 heterocycles. The molecule has 0 spiro atoms. The van der Waals surface area contributed by atoms with E-state index >= 15 is 0 Å². The first-order valence-corrected chi connectivity index (χ1v) is 6.67. The van der Waals surface area contributed by atoms with Crippen molar-refractivity contribution in [2.75, 3.05) is 12.8 Å². The zero-order chi connectivity index (χ0) is 14.3. The third kappa shape index (κ3) is 2.02. The van der Waals surface area contributed by atoms with Crippen LogP contribution in [0.15, 0.2) is 40.9 Å². The molecule has 20 heavy (non-hydrogen) atoms. The fraction of sp³-hybridized carbons (Fsp3) is 0.0714. The van der Waals surface area contributed by atoms with E-state index in [2.05, 4.69) is 20.9 Å². The number of ether oxygens (including phenoxy) is 1. The van der Waals surface area contributed by atoms with Crippen molar-refractivity contribution in [1.82, 2.24) is 9.55 Å². The minimum absolute atomic E-state index is 0.227. The molecule has 0 fully saturated rings. The molecular formula is C14H11BrFN3O. The summed E-state index contributed by atoms with van der Waals surface area (Å²) in [6.07, 6.45) is 0. The molecule has 0 amide bonds. The topological polar surface area (TPSA) is 53.1 Å². The Morgan fingerprint density at radius 3 is 2.80 bits per heavy atom. The molecule has 0 aliphatic rings. The maximum absolute atomic E-state index is 14.1. The van der Waals surface area contributed by atoms with E-state index in [0.29, 0.717) is 17.0 Å². The Bertz CT molecular complexity index is 800. The van der Waals surface area contributed by atoms with E-state index in [1.165, 1.54) is 13.2 Å². The SMILES string of the molecule is COc1ccc(F)c(-n2c(N)nc3cc(Br)ccc32)c1. The number of methoxy groups -OCH3 is 1. The normalized spacial score (nSPS) is 10.9. The van der Waals surface area contributed by atoms with E-state index < -0.39 is 0 Å². The average Bonchev–Trinajstić information content (AvgIpc) is 2.74. The number of nitrogens with two attached hydrogens (primary N) is 1. The molecule has 0 unspecified atom stereocenters. The number of imidazole rings is 1. The summed E-state index contributed by atoms with van der Waals surface area (Å²) < 4.78 is 21.7. The van der Waals surface area contributed by atoms with Crippen LogP contribution in [0, 0.1) is 5.82 Å². The van der Waals surface area contributed by atoms with Gasteiger partial charge in [0.25, 0.3) is 0 Å². The van der Waals surface area contributed by atoms with E-state index in [9.17, 15) is 4.39 Å². The van der Waals surface area contributed by atoms with Crippen LogP contribution in [0.3, 0.4) is 0 Å². The van der Waals surface area contributed by atoms with Crippen LogP contribution in [0.1, 0.15) is 0 Å². The maximum atomic E-state index is 14.1. The van der Waals surface area contributed by atoms with E-state index in [4.69, 9.17) is 10.5 Å². The van der Waals surface area contributed by atoms with Gasteiger partial charge in [0.2, 0.25) is 5.95 Å². The Labute approximate surface area is 123 Å². The molecule has 0 aliphatic heterocycles. The molecule has 4 nitrogen and oxygen atoms in total. The number of anilines is 1. The van der Waals surface area contributed by atoms with Crippen LogP contribution < -0.4 is 10.5 Å². The van der Waals surface area contributed by atoms with Gasteiger partial charge in [0.05, 0.1) is 23.8 Å². The van der Waals surface area contributed by atoms with Gasteiger partial charge < -0.3 is 10.5 Å². The molecule has 2 N–H and O–H groups in total. The summed E-state index contributed by atoms with van der Waals surface area (Å²) >= 11 is 3.38. The Balaban J connectivity index is 2.31. The van der Waals surface area contributed by atoms with E-state index in [0.717, 1.165) is 9.99 Å². The predicted octanol–water partition coefficient (Wildman–Crippen LogP) is 3.52. The first-order chi connectivity index (χ1) is 9.60. The Hall–Kier alpha value is -2.08. The molecule has 1 aromatic heterocycles. The second-order valence-electron chi connectivity index (χ2n) is 4.26. The molecular weight excluding hydrogens is 325 g/mol. The molecule has 0 radical (unpaired) electrons. The van der Waals surface area contributed by atoms with Gasteiger partial charge in [-0.15, -0.1) is 0 Å². The van der Waals surface area contributed by atoms with Crippen molar-refractivity contribution < 1.29 is 9.13 Å². The molecule has 0 saturated heterocycles. The summed E-state index contributed by atoms with van der Waals surface area (Å²) in [5.74, 6) is 0.393. The van der Waals surface area contributed by atoms with Crippen molar-refractivity contribution in [3.05, 3.63) is 46.7 Å². The second-order valence-corrected chi connectivity index (χ2v) is 5.17. The number of fused-ring (bicyclic) bond motifs is 1. The van der Waals surface area contributed by atoms with Gasteiger partial charge >= 0.3 is 0 Å². The molecule has 102 valence electrons. The molecule has 0 aliphatic carbocycles. The number of nitrogen functional groups attached to an aromatic ring is 1. The number of benzene rings is 2. The highest BCUT2D eigenvalue weighted by atomic mass is 79.9. The molecule has 0 saturated carbocycles. The van der Waals surface area contributed by atoms with Crippen molar-refractivity contribution in [1.29, 1.82) is 0 Å². The van der Waals surface area contributed by atoms with Crippen molar-refractivity contribution in [2.24, 2.45) is 0 Å². The molecule has 3 rings (SSSR count). The quantitative estimate of drug-likeness (QED) is 0.779. The summed E-state index contributed by atoms with van der Waals surface area (Å²) in [5, 5.41) is 0. The van der Waals surface area contributed by atoms with Gasteiger partial charge in [0, 0.05) is 10.5 Å². The smallest absolute Gasteiger partial charge is 0.206 e. The van der Waals surface area contributed by atoms with Crippen molar-refractivity contribution >= 4 is 32.9 Å². The minimum atomic E-state index is -0.389. The Morgan fingerprint density at radius 2 is 2.05 bits per heavy atom. The van der Waals surface area contributed by atoms with Crippen molar-refractivity contribution in [2.45, 2.75) is 0 Å². The van der Waals surface area contributed by atoms with Gasteiger partial charge in [-0.1, -0.05) is 15.9 Å². The van der Waals surface area contributed by atoms with Gasteiger partial charge in [0.15, 0.2) is 0 Å². The number of hydrogen-bond donors (Lipinski definition) is 1. The summed E-state index contributed by atoms with van der Waals surface area (Å²) in [4.78, 5) is 4.25. The summed E-state index contributed by atoms with van der Waals surface area (Å²) in [5.41, 5.74) is 7.66. The predicted molar refractivity (Wildman–Crippen MR) is 79.7 cm³/mol. The van der Waals surface area contributed by atoms with Crippen LogP contribution in [-0.2, 0) is 0 Å². The molecule has 0 bridgehead atoms.